The van der Waals surface area contributed by atoms with Crippen molar-refractivity contribution < 1.29 is 13.9 Å². The van der Waals surface area contributed by atoms with Gasteiger partial charge in [-0.05, 0) is 59.0 Å². The molecule has 3 aromatic rings. The van der Waals surface area contributed by atoms with E-state index in [-0.39, 0.29) is 11.7 Å². The molecular formula is C28H31FN2O2. The van der Waals surface area contributed by atoms with Gasteiger partial charge in [0.1, 0.15) is 18.2 Å². The first kappa shape index (κ1) is 23.0. The molecule has 1 fully saturated rings. The van der Waals surface area contributed by atoms with Crippen molar-refractivity contribution >= 4 is 5.91 Å². The summed E-state index contributed by atoms with van der Waals surface area (Å²) in [7, 11) is 0. The molecule has 1 heterocycles. The zero-order chi connectivity index (χ0) is 23.2. The molecule has 0 N–H and O–H groups in total. The fourth-order valence-electron chi connectivity index (χ4n) is 4.05. The van der Waals surface area contributed by atoms with Crippen molar-refractivity contribution in [3.63, 3.8) is 0 Å². The van der Waals surface area contributed by atoms with Crippen molar-refractivity contribution in [2.45, 2.75) is 32.9 Å². The molecule has 0 unspecified atom stereocenters. The molecule has 172 valence electrons. The van der Waals surface area contributed by atoms with Gasteiger partial charge in [0.2, 0.25) is 0 Å². The zero-order valence-corrected chi connectivity index (χ0v) is 19.3. The lowest BCUT2D eigenvalue weighted by molar-refractivity contribution is 0.0628. The number of hydrogen-bond donors (Lipinski definition) is 0. The van der Waals surface area contributed by atoms with Gasteiger partial charge in [-0.15, -0.1) is 0 Å². The van der Waals surface area contributed by atoms with Crippen LogP contribution in [0.25, 0.3) is 0 Å². The molecule has 3 aromatic carbocycles. The Labute approximate surface area is 195 Å². The Bertz CT molecular complexity index is 1060. The van der Waals surface area contributed by atoms with Crippen LogP contribution in [-0.2, 0) is 13.2 Å². The van der Waals surface area contributed by atoms with E-state index < -0.39 is 0 Å². The Morgan fingerprint density at radius 3 is 2.27 bits per heavy atom. The van der Waals surface area contributed by atoms with Crippen molar-refractivity contribution in [3.05, 3.63) is 101 Å². The van der Waals surface area contributed by atoms with Crippen LogP contribution < -0.4 is 4.74 Å². The van der Waals surface area contributed by atoms with Gasteiger partial charge in [0.15, 0.2) is 0 Å². The van der Waals surface area contributed by atoms with Gasteiger partial charge < -0.3 is 9.64 Å². The summed E-state index contributed by atoms with van der Waals surface area (Å²) in [4.78, 5) is 17.3. The molecule has 0 saturated carbocycles. The highest BCUT2D eigenvalue weighted by molar-refractivity contribution is 5.94. The SMILES string of the molecule is CC(C)c1ccc(OCc2cccc(C(=O)N3CCN(Cc4ccc(F)cc4)CC3)c2)cc1. The van der Waals surface area contributed by atoms with Crippen molar-refractivity contribution in [1.82, 2.24) is 9.80 Å². The van der Waals surface area contributed by atoms with Crippen LogP contribution in [0.3, 0.4) is 0 Å². The van der Waals surface area contributed by atoms with E-state index in [1.54, 1.807) is 0 Å². The number of nitrogens with zero attached hydrogens (tertiary/aromatic N) is 2. The van der Waals surface area contributed by atoms with Crippen LogP contribution >= 0.6 is 0 Å². The molecular weight excluding hydrogens is 415 g/mol. The summed E-state index contributed by atoms with van der Waals surface area (Å²) in [5.74, 6) is 1.16. The van der Waals surface area contributed by atoms with Crippen LogP contribution in [-0.4, -0.2) is 41.9 Å². The smallest absolute Gasteiger partial charge is 0.253 e. The van der Waals surface area contributed by atoms with Crippen LogP contribution in [0.1, 0.15) is 46.8 Å². The third-order valence-corrected chi connectivity index (χ3v) is 6.11. The molecule has 33 heavy (non-hydrogen) atoms. The topological polar surface area (TPSA) is 32.8 Å². The van der Waals surface area contributed by atoms with Crippen LogP contribution in [0.4, 0.5) is 4.39 Å². The number of halogens is 1. The van der Waals surface area contributed by atoms with Crippen LogP contribution in [0.5, 0.6) is 5.75 Å². The first-order valence-electron chi connectivity index (χ1n) is 11.6. The molecule has 0 radical (unpaired) electrons. The Morgan fingerprint density at radius 1 is 0.909 bits per heavy atom. The fraction of sp³-hybridized carbons (Fsp3) is 0.321. The standard InChI is InChI=1S/C28H31FN2O2/c1-21(2)24-8-12-27(13-9-24)33-20-23-4-3-5-25(18-23)28(32)31-16-14-30(15-17-31)19-22-6-10-26(29)11-7-22/h3-13,18,21H,14-17,19-20H2,1-2H3. The van der Waals surface area contributed by atoms with E-state index in [2.05, 4.69) is 30.9 Å². The molecule has 5 heteroatoms. The summed E-state index contributed by atoms with van der Waals surface area (Å²) < 4.78 is 19.0. The quantitative estimate of drug-likeness (QED) is 0.481. The second-order valence-corrected chi connectivity index (χ2v) is 8.91. The summed E-state index contributed by atoms with van der Waals surface area (Å²) in [6.07, 6.45) is 0. The third kappa shape index (κ3) is 6.20. The lowest BCUT2D eigenvalue weighted by Gasteiger charge is -2.34. The average molecular weight is 447 g/mol. The number of piperazine rings is 1. The van der Waals surface area contributed by atoms with E-state index in [9.17, 15) is 9.18 Å². The number of hydrogen-bond acceptors (Lipinski definition) is 3. The van der Waals surface area contributed by atoms with E-state index in [0.717, 1.165) is 36.5 Å². The highest BCUT2D eigenvalue weighted by atomic mass is 19.1. The lowest BCUT2D eigenvalue weighted by atomic mass is 10.0. The van der Waals surface area contributed by atoms with Gasteiger partial charge in [-0.25, -0.2) is 4.39 Å². The monoisotopic (exact) mass is 446 g/mol. The molecule has 0 bridgehead atoms. The molecule has 0 aliphatic carbocycles. The maximum Gasteiger partial charge on any atom is 0.253 e. The summed E-state index contributed by atoms with van der Waals surface area (Å²) in [6.45, 7) is 8.51. The van der Waals surface area contributed by atoms with E-state index in [4.69, 9.17) is 4.74 Å². The van der Waals surface area contributed by atoms with Gasteiger partial charge in [-0.1, -0.05) is 50.2 Å². The second-order valence-electron chi connectivity index (χ2n) is 8.91. The fourth-order valence-corrected chi connectivity index (χ4v) is 4.05. The predicted molar refractivity (Wildman–Crippen MR) is 129 cm³/mol. The zero-order valence-electron chi connectivity index (χ0n) is 19.3. The molecule has 0 aromatic heterocycles. The Kier molecular flexibility index (Phi) is 7.40. The van der Waals surface area contributed by atoms with E-state index >= 15 is 0 Å². The maximum absolute atomic E-state index is 13.1. The van der Waals surface area contributed by atoms with Crippen LogP contribution in [0, 0.1) is 5.82 Å². The van der Waals surface area contributed by atoms with Gasteiger partial charge in [0.05, 0.1) is 0 Å². The summed E-state index contributed by atoms with van der Waals surface area (Å²) in [5.41, 5.74) is 4.04. The average Bonchev–Trinajstić information content (AvgIpc) is 2.84. The van der Waals surface area contributed by atoms with Gasteiger partial charge in [-0.3, -0.25) is 9.69 Å². The highest BCUT2D eigenvalue weighted by Gasteiger charge is 2.22. The first-order valence-corrected chi connectivity index (χ1v) is 11.6. The molecule has 1 aliphatic rings. The molecule has 0 atom stereocenters. The summed E-state index contributed by atoms with van der Waals surface area (Å²) >= 11 is 0. The summed E-state index contributed by atoms with van der Waals surface area (Å²) in [6, 6.07) is 22.5. The van der Waals surface area contributed by atoms with Gasteiger partial charge in [0, 0.05) is 38.3 Å². The number of rotatable bonds is 7. The van der Waals surface area contributed by atoms with Gasteiger partial charge >= 0.3 is 0 Å². The molecule has 1 saturated heterocycles. The molecule has 1 aliphatic heterocycles. The van der Waals surface area contributed by atoms with Crippen molar-refractivity contribution in [3.8, 4) is 5.75 Å². The highest BCUT2D eigenvalue weighted by Crippen LogP contribution is 2.20. The molecule has 4 nitrogen and oxygen atoms in total. The van der Waals surface area contributed by atoms with E-state index in [1.165, 1.54) is 17.7 Å². The van der Waals surface area contributed by atoms with Gasteiger partial charge in [0.25, 0.3) is 5.91 Å². The molecule has 1 amide bonds. The first-order chi connectivity index (χ1) is 16.0. The lowest BCUT2D eigenvalue weighted by Crippen LogP contribution is -2.48. The number of amides is 1. The van der Waals surface area contributed by atoms with Gasteiger partial charge in [-0.2, -0.15) is 0 Å². The minimum Gasteiger partial charge on any atom is -0.489 e. The van der Waals surface area contributed by atoms with Crippen molar-refractivity contribution in [2.75, 3.05) is 26.2 Å². The Balaban J connectivity index is 1.30. The maximum atomic E-state index is 13.1. The molecule has 0 spiro atoms. The molecule has 4 rings (SSSR count). The minimum absolute atomic E-state index is 0.0552. The van der Waals surface area contributed by atoms with E-state index in [0.29, 0.717) is 31.2 Å². The number of carbonyl (C=O) groups excluding carboxylic acids is 1. The minimum atomic E-state index is -0.217. The van der Waals surface area contributed by atoms with Crippen molar-refractivity contribution in [2.24, 2.45) is 0 Å². The number of benzene rings is 3. The largest absolute Gasteiger partial charge is 0.489 e. The number of ether oxygens (including phenoxy) is 1. The van der Waals surface area contributed by atoms with Crippen LogP contribution in [0.2, 0.25) is 0 Å². The second kappa shape index (κ2) is 10.6. The normalized spacial score (nSPS) is 14.5. The van der Waals surface area contributed by atoms with Crippen LogP contribution in [0.15, 0.2) is 72.8 Å². The Hall–Kier alpha value is -3.18. The van der Waals surface area contributed by atoms with Crippen molar-refractivity contribution in [1.29, 1.82) is 0 Å². The Morgan fingerprint density at radius 2 is 1.61 bits per heavy atom. The third-order valence-electron chi connectivity index (χ3n) is 6.11. The number of carbonyl (C=O) groups is 1. The summed E-state index contributed by atoms with van der Waals surface area (Å²) in [5, 5.41) is 0. The van der Waals surface area contributed by atoms with E-state index in [1.807, 2.05) is 53.4 Å². The predicted octanol–water partition coefficient (Wildman–Crippen LogP) is 5.49.